The summed E-state index contributed by atoms with van der Waals surface area (Å²) in [6.07, 6.45) is -1.31. The molecule has 1 atom stereocenters. The van der Waals surface area contributed by atoms with Gasteiger partial charge < -0.3 is 10.1 Å². The van der Waals surface area contributed by atoms with Gasteiger partial charge in [0.05, 0.1) is 26.3 Å². The van der Waals surface area contributed by atoms with E-state index in [1.54, 1.807) is 12.1 Å². The second kappa shape index (κ2) is 9.12. The van der Waals surface area contributed by atoms with Gasteiger partial charge >= 0.3 is 5.97 Å². The molecule has 0 saturated heterocycles. The van der Waals surface area contributed by atoms with Gasteiger partial charge in [-0.1, -0.05) is 23.2 Å². The van der Waals surface area contributed by atoms with Crippen LogP contribution in [0.5, 0.6) is 0 Å². The highest BCUT2D eigenvalue weighted by molar-refractivity contribution is 7.18. The number of ketones is 1. The summed E-state index contributed by atoms with van der Waals surface area (Å²) in [5.74, 6) is -2.07. The van der Waals surface area contributed by atoms with Crippen LogP contribution in [-0.4, -0.2) is 23.8 Å². The van der Waals surface area contributed by atoms with E-state index in [1.165, 1.54) is 13.0 Å². The molecule has 2 aromatic rings. The van der Waals surface area contributed by atoms with Crippen molar-refractivity contribution in [3.63, 3.8) is 0 Å². The molecule has 0 bridgehead atoms. The Kier molecular flexibility index (Phi) is 7.14. The van der Waals surface area contributed by atoms with Crippen LogP contribution in [0.1, 0.15) is 29.4 Å². The number of rotatable bonds is 7. The molecule has 138 valence electrons. The summed E-state index contributed by atoms with van der Waals surface area (Å²) in [7, 11) is 0. The lowest BCUT2D eigenvalue weighted by Crippen LogP contribution is -2.30. The molecule has 9 heteroatoms. The maximum Gasteiger partial charge on any atom is 0.307 e. The number of hydrogen-bond acceptors (Lipinski definition) is 5. The van der Waals surface area contributed by atoms with E-state index in [1.807, 2.05) is 0 Å². The van der Waals surface area contributed by atoms with Gasteiger partial charge in [0.25, 0.3) is 5.91 Å². The minimum absolute atomic E-state index is 0.0251. The molecule has 26 heavy (non-hydrogen) atoms. The third kappa shape index (κ3) is 5.79. The summed E-state index contributed by atoms with van der Waals surface area (Å²) in [4.78, 5) is 36.2. The molecule has 0 radical (unpaired) electrons. The minimum atomic E-state index is -1.10. The molecule has 1 unspecified atom stereocenters. The van der Waals surface area contributed by atoms with Crippen LogP contribution in [0.2, 0.25) is 9.36 Å². The zero-order chi connectivity index (χ0) is 19.3. The molecule has 0 saturated carbocycles. The van der Waals surface area contributed by atoms with Crippen molar-refractivity contribution >= 4 is 57.9 Å². The number of nitrogens with one attached hydrogen (secondary N) is 1. The Labute approximate surface area is 163 Å². The van der Waals surface area contributed by atoms with Gasteiger partial charge in [-0.3, -0.25) is 14.4 Å². The van der Waals surface area contributed by atoms with E-state index in [9.17, 15) is 18.8 Å². The number of amides is 1. The molecule has 0 aliphatic carbocycles. The number of anilines is 1. The number of hydrogen-bond donors (Lipinski definition) is 1. The largest absolute Gasteiger partial charge is 0.453 e. The van der Waals surface area contributed by atoms with Gasteiger partial charge in [0.15, 0.2) is 11.9 Å². The third-order valence-electron chi connectivity index (χ3n) is 3.27. The Hall–Kier alpha value is -1.96. The van der Waals surface area contributed by atoms with Gasteiger partial charge in [0.2, 0.25) is 0 Å². The number of halogens is 3. The second-order valence-electron chi connectivity index (χ2n) is 5.27. The topological polar surface area (TPSA) is 72.5 Å². The molecule has 1 aromatic carbocycles. The predicted molar refractivity (Wildman–Crippen MR) is 98.5 cm³/mol. The molecular weight excluding hydrogens is 404 g/mol. The lowest BCUT2D eigenvalue weighted by molar-refractivity contribution is -0.153. The first-order valence-corrected chi connectivity index (χ1v) is 9.07. The van der Waals surface area contributed by atoms with Crippen LogP contribution in [-0.2, 0) is 14.3 Å². The molecule has 0 fully saturated rings. The maximum absolute atomic E-state index is 13.0. The Morgan fingerprint density at radius 1 is 1.19 bits per heavy atom. The first-order chi connectivity index (χ1) is 12.3. The third-order valence-corrected chi connectivity index (χ3v) is 4.86. The Balaban J connectivity index is 1.82. The highest BCUT2D eigenvalue weighted by Crippen LogP contribution is 2.24. The Morgan fingerprint density at radius 3 is 2.54 bits per heavy atom. The second-order valence-corrected chi connectivity index (χ2v) is 7.39. The normalized spacial score (nSPS) is 11.7. The monoisotopic (exact) mass is 417 g/mol. The van der Waals surface area contributed by atoms with Crippen molar-refractivity contribution in [2.24, 2.45) is 0 Å². The fraction of sp³-hybridized carbons (Fsp3) is 0.235. The highest BCUT2D eigenvalue weighted by atomic mass is 35.5. The lowest BCUT2D eigenvalue weighted by Gasteiger charge is -2.14. The molecule has 1 N–H and O–H groups in total. The van der Waals surface area contributed by atoms with Gasteiger partial charge in [-0.15, -0.1) is 11.3 Å². The predicted octanol–water partition coefficient (Wildman–Crippen LogP) is 4.73. The zero-order valence-electron chi connectivity index (χ0n) is 13.6. The number of benzene rings is 1. The van der Waals surface area contributed by atoms with Crippen LogP contribution in [0.15, 0.2) is 30.3 Å². The van der Waals surface area contributed by atoms with Crippen LogP contribution in [0.25, 0.3) is 0 Å². The molecular formula is C17H14Cl2FNO4S. The molecule has 2 rings (SSSR count). The molecule has 1 amide bonds. The number of carbonyl (C=O) groups is 3. The van der Waals surface area contributed by atoms with Crippen LogP contribution < -0.4 is 5.32 Å². The first kappa shape index (κ1) is 20.4. The molecule has 5 nitrogen and oxygen atoms in total. The van der Waals surface area contributed by atoms with Crippen molar-refractivity contribution in [1.29, 1.82) is 0 Å². The summed E-state index contributed by atoms with van der Waals surface area (Å²) in [5.41, 5.74) is 0.200. The standard InChI is InChI=1S/C17H14Cl2FNO4S/c1-9(17(24)21-12-3-2-10(20)8-11(12)18)25-16(23)7-4-13(22)14-5-6-15(19)26-14/h2-3,5-6,8-9H,4,7H2,1H3,(H,21,24). The van der Waals surface area contributed by atoms with Crippen molar-refractivity contribution in [3.05, 3.63) is 50.4 Å². The summed E-state index contributed by atoms with van der Waals surface area (Å²) >= 11 is 12.7. The highest BCUT2D eigenvalue weighted by Gasteiger charge is 2.20. The van der Waals surface area contributed by atoms with Crippen molar-refractivity contribution in [3.8, 4) is 0 Å². The van der Waals surface area contributed by atoms with Crippen LogP contribution >= 0.6 is 34.5 Å². The van der Waals surface area contributed by atoms with E-state index in [0.717, 1.165) is 23.5 Å². The summed E-state index contributed by atoms with van der Waals surface area (Å²) in [5, 5.41) is 2.47. The van der Waals surface area contributed by atoms with E-state index in [4.69, 9.17) is 27.9 Å². The number of ether oxygens (including phenoxy) is 1. The van der Waals surface area contributed by atoms with Crippen LogP contribution in [0.3, 0.4) is 0 Å². The number of thiophene rings is 1. The Morgan fingerprint density at radius 2 is 1.92 bits per heavy atom. The van der Waals surface area contributed by atoms with Crippen LogP contribution in [0.4, 0.5) is 10.1 Å². The minimum Gasteiger partial charge on any atom is -0.453 e. The van der Waals surface area contributed by atoms with Gasteiger partial charge in [-0.2, -0.15) is 0 Å². The molecule has 0 aliphatic rings. The summed E-state index contributed by atoms with van der Waals surface area (Å²) < 4.78 is 18.5. The van der Waals surface area contributed by atoms with E-state index in [-0.39, 0.29) is 29.3 Å². The van der Waals surface area contributed by atoms with Crippen LogP contribution in [0, 0.1) is 5.82 Å². The van der Waals surface area contributed by atoms with Gasteiger partial charge in [-0.25, -0.2) is 4.39 Å². The SMILES string of the molecule is CC(OC(=O)CCC(=O)c1ccc(Cl)s1)C(=O)Nc1ccc(F)cc1Cl. The van der Waals surface area contributed by atoms with Crippen molar-refractivity contribution in [1.82, 2.24) is 0 Å². The summed E-state index contributed by atoms with van der Waals surface area (Å²) in [6.45, 7) is 1.38. The Bertz CT molecular complexity index is 840. The van der Waals surface area contributed by atoms with Crippen molar-refractivity contribution < 1.29 is 23.5 Å². The van der Waals surface area contributed by atoms with E-state index in [2.05, 4.69) is 5.32 Å². The van der Waals surface area contributed by atoms with Gasteiger partial charge in [-0.05, 0) is 37.3 Å². The van der Waals surface area contributed by atoms with Gasteiger partial charge in [0.1, 0.15) is 5.82 Å². The van der Waals surface area contributed by atoms with Gasteiger partial charge in [0, 0.05) is 6.42 Å². The lowest BCUT2D eigenvalue weighted by atomic mass is 10.2. The first-order valence-electron chi connectivity index (χ1n) is 7.50. The van der Waals surface area contributed by atoms with E-state index < -0.39 is 23.8 Å². The zero-order valence-corrected chi connectivity index (χ0v) is 15.9. The van der Waals surface area contributed by atoms with Crippen molar-refractivity contribution in [2.45, 2.75) is 25.9 Å². The maximum atomic E-state index is 13.0. The molecule has 0 aliphatic heterocycles. The summed E-state index contributed by atoms with van der Waals surface area (Å²) in [6, 6.07) is 6.68. The number of carbonyl (C=O) groups excluding carboxylic acids is 3. The molecule has 1 heterocycles. The smallest absolute Gasteiger partial charge is 0.307 e. The fourth-order valence-electron chi connectivity index (χ4n) is 1.94. The number of Topliss-reactive ketones (excluding diaryl/α,β-unsaturated/α-hetero) is 1. The fourth-order valence-corrected chi connectivity index (χ4v) is 3.16. The number of esters is 1. The molecule has 0 spiro atoms. The average molecular weight is 418 g/mol. The van der Waals surface area contributed by atoms with Crippen molar-refractivity contribution in [2.75, 3.05) is 5.32 Å². The molecule has 1 aromatic heterocycles. The quantitative estimate of drug-likeness (QED) is 0.522. The average Bonchev–Trinajstić information content (AvgIpc) is 3.01. The van der Waals surface area contributed by atoms with E-state index >= 15 is 0 Å². The van der Waals surface area contributed by atoms with E-state index in [0.29, 0.717) is 9.21 Å².